The molecule has 0 saturated carbocycles. The number of hydrogen-bond acceptors (Lipinski definition) is 7. The van der Waals surface area contributed by atoms with Gasteiger partial charge in [-0.25, -0.2) is 9.59 Å². The third-order valence-electron chi connectivity index (χ3n) is 5.42. The highest BCUT2D eigenvalue weighted by molar-refractivity contribution is 5.97. The fourth-order valence-electron chi connectivity index (χ4n) is 3.60. The molecule has 0 bridgehead atoms. The maximum absolute atomic E-state index is 12.4. The van der Waals surface area contributed by atoms with Crippen LogP contribution in [0.1, 0.15) is 42.1 Å². The van der Waals surface area contributed by atoms with Gasteiger partial charge in [-0.3, -0.25) is 14.9 Å². The van der Waals surface area contributed by atoms with Crippen molar-refractivity contribution in [1.29, 1.82) is 0 Å². The highest BCUT2D eigenvalue weighted by Crippen LogP contribution is 2.29. The normalized spacial score (nSPS) is 12.9. The number of benzene rings is 2. The molecule has 1 aliphatic heterocycles. The quantitative estimate of drug-likeness (QED) is 0.484. The second-order valence-corrected chi connectivity index (χ2v) is 8.12. The minimum absolute atomic E-state index is 0.0977. The van der Waals surface area contributed by atoms with Crippen molar-refractivity contribution in [2.75, 3.05) is 32.9 Å². The fourth-order valence-corrected chi connectivity index (χ4v) is 3.60. The van der Waals surface area contributed by atoms with E-state index < -0.39 is 24.5 Å². The molecular formula is C26H31N3O7. The number of carbonyl (C=O) groups is 4. The largest absolute Gasteiger partial charge is 0.490 e. The van der Waals surface area contributed by atoms with E-state index in [1.54, 1.807) is 11.8 Å². The van der Waals surface area contributed by atoms with Crippen LogP contribution in [-0.2, 0) is 20.9 Å². The maximum atomic E-state index is 12.4. The third kappa shape index (κ3) is 8.30. The predicted octanol–water partition coefficient (Wildman–Crippen LogP) is 2.66. The number of nitrogens with zero attached hydrogens (tertiary/aromatic N) is 1. The van der Waals surface area contributed by atoms with Crippen molar-refractivity contribution in [3.05, 3.63) is 59.7 Å². The van der Waals surface area contributed by atoms with Crippen LogP contribution in [0.15, 0.2) is 48.5 Å². The monoisotopic (exact) mass is 497 g/mol. The SMILES string of the molecule is CCOc1cc(C(=O)OCC(=O)NC(=O)NCc2ccccc2)ccc1OCC(=O)N1CCCCC1. The van der Waals surface area contributed by atoms with E-state index in [0.29, 0.717) is 12.4 Å². The van der Waals surface area contributed by atoms with Crippen molar-refractivity contribution >= 4 is 23.8 Å². The molecule has 192 valence electrons. The van der Waals surface area contributed by atoms with Gasteiger partial charge in [0.05, 0.1) is 12.2 Å². The Hall–Kier alpha value is -4.08. The van der Waals surface area contributed by atoms with E-state index in [1.165, 1.54) is 18.2 Å². The zero-order chi connectivity index (χ0) is 25.8. The predicted molar refractivity (Wildman–Crippen MR) is 131 cm³/mol. The van der Waals surface area contributed by atoms with Crippen molar-refractivity contribution in [1.82, 2.24) is 15.5 Å². The first-order chi connectivity index (χ1) is 17.5. The zero-order valence-corrected chi connectivity index (χ0v) is 20.3. The number of imide groups is 1. The molecule has 2 aromatic carbocycles. The molecule has 10 nitrogen and oxygen atoms in total. The number of ether oxygens (including phenoxy) is 3. The summed E-state index contributed by atoms with van der Waals surface area (Å²) in [6.45, 7) is 3.04. The average Bonchev–Trinajstić information content (AvgIpc) is 2.91. The summed E-state index contributed by atoms with van der Waals surface area (Å²) >= 11 is 0. The van der Waals surface area contributed by atoms with Crippen LogP contribution in [0.25, 0.3) is 0 Å². The van der Waals surface area contributed by atoms with E-state index in [2.05, 4.69) is 10.6 Å². The molecule has 4 amide bonds. The lowest BCUT2D eigenvalue weighted by molar-refractivity contribution is -0.134. The van der Waals surface area contributed by atoms with Crippen LogP contribution in [0.4, 0.5) is 4.79 Å². The van der Waals surface area contributed by atoms with Gasteiger partial charge in [0.25, 0.3) is 11.8 Å². The third-order valence-corrected chi connectivity index (χ3v) is 5.42. The number of urea groups is 1. The Labute approximate surface area is 209 Å². The van der Waals surface area contributed by atoms with Gasteiger partial charge < -0.3 is 24.4 Å². The van der Waals surface area contributed by atoms with Gasteiger partial charge in [-0.1, -0.05) is 30.3 Å². The molecule has 0 aliphatic carbocycles. The van der Waals surface area contributed by atoms with Crippen LogP contribution in [-0.4, -0.2) is 61.6 Å². The van der Waals surface area contributed by atoms with E-state index in [1.807, 2.05) is 30.3 Å². The summed E-state index contributed by atoms with van der Waals surface area (Å²) < 4.78 is 16.2. The Morgan fingerprint density at radius 1 is 0.889 bits per heavy atom. The first kappa shape index (κ1) is 26.5. The zero-order valence-electron chi connectivity index (χ0n) is 20.3. The van der Waals surface area contributed by atoms with Gasteiger partial charge in [0.15, 0.2) is 24.7 Å². The number of rotatable bonds is 10. The molecule has 2 N–H and O–H groups in total. The van der Waals surface area contributed by atoms with Gasteiger partial charge in [0.1, 0.15) is 0 Å². The Balaban J connectivity index is 1.47. The number of piperidine rings is 1. The molecule has 1 saturated heterocycles. The minimum Gasteiger partial charge on any atom is -0.490 e. The minimum atomic E-state index is -0.772. The Kier molecular flexibility index (Phi) is 10.1. The second kappa shape index (κ2) is 13.7. The highest BCUT2D eigenvalue weighted by atomic mass is 16.5. The van der Waals surface area contributed by atoms with Gasteiger partial charge in [-0.2, -0.15) is 0 Å². The van der Waals surface area contributed by atoms with E-state index in [4.69, 9.17) is 14.2 Å². The molecule has 1 heterocycles. The molecule has 0 aromatic heterocycles. The molecule has 0 atom stereocenters. The van der Waals surface area contributed by atoms with Gasteiger partial charge in [0, 0.05) is 19.6 Å². The van der Waals surface area contributed by atoms with Crippen molar-refractivity contribution in [2.45, 2.75) is 32.7 Å². The summed E-state index contributed by atoms with van der Waals surface area (Å²) in [5.74, 6) is -1.03. The summed E-state index contributed by atoms with van der Waals surface area (Å²) in [7, 11) is 0. The molecule has 10 heteroatoms. The van der Waals surface area contributed by atoms with Crippen LogP contribution in [0, 0.1) is 0 Å². The topological polar surface area (TPSA) is 123 Å². The molecule has 3 rings (SSSR count). The molecule has 0 spiro atoms. The Morgan fingerprint density at radius 2 is 1.64 bits per heavy atom. The number of nitrogens with one attached hydrogen (secondary N) is 2. The second-order valence-electron chi connectivity index (χ2n) is 8.12. The summed E-state index contributed by atoms with van der Waals surface area (Å²) in [6, 6.07) is 12.9. The number of carbonyl (C=O) groups excluding carboxylic acids is 4. The summed E-state index contributed by atoms with van der Waals surface area (Å²) in [5, 5.41) is 4.65. The van der Waals surface area contributed by atoms with Gasteiger partial charge in [-0.05, 0) is 49.9 Å². The molecule has 2 aromatic rings. The molecule has 1 aliphatic rings. The van der Waals surface area contributed by atoms with Crippen LogP contribution >= 0.6 is 0 Å². The van der Waals surface area contributed by atoms with Crippen molar-refractivity contribution in [3.8, 4) is 11.5 Å². The van der Waals surface area contributed by atoms with Gasteiger partial charge in [-0.15, -0.1) is 0 Å². The molecular weight excluding hydrogens is 466 g/mol. The first-order valence-corrected chi connectivity index (χ1v) is 11.9. The number of amides is 4. The van der Waals surface area contributed by atoms with Crippen molar-refractivity contribution in [3.63, 3.8) is 0 Å². The molecule has 0 radical (unpaired) electrons. The fraction of sp³-hybridized carbons (Fsp3) is 0.385. The van der Waals surface area contributed by atoms with Gasteiger partial charge in [0.2, 0.25) is 0 Å². The van der Waals surface area contributed by atoms with E-state index >= 15 is 0 Å². The van der Waals surface area contributed by atoms with Crippen LogP contribution in [0.2, 0.25) is 0 Å². The lowest BCUT2D eigenvalue weighted by atomic mass is 10.1. The van der Waals surface area contributed by atoms with Crippen LogP contribution in [0.3, 0.4) is 0 Å². The molecule has 36 heavy (non-hydrogen) atoms. The van der Waals surface area contributed by atoms with Crippen molar-refractivity contribution < 1.29 is 33.4 Å². The summed E-state index contributed by atoms with van der Waals surface area (Å²) in [4.78, 5) is 50.4. The van der Waals surface area contributed by atoms with Crippen LogP contribution < -0.4 is 20.1 Å². The number of hydrogen-bond donors (Lipinski definition) is 2. The van der Waals surface area contributed by atoms with Gasteiger partial charge >= 0.3 is 12.0 Å². The standard InChI is InChI=1S/C26H31N3O7/c1-2-34-22-15-20(11-12-21(22)35-18-24(31)29-13-7-4-8-14-29)25(32)36-17-23(30)28-26(33)27-16-19-9-5-3-6-10-19/h3,5-6,9-12,15H,2,4,7-8,13-14,16-18H2,1H3,(H2,27,28,30,33). The highest BCUT2D eigenvalue weighted by Gasteiger charge is 2.19. The molecule has 1 fully saturated rings. The lowest BCUT2D eigenvalue weighted by Crippen LogP contribution is -2.41. The smallest absolute Gasteiger partial charge is 0.338 e. The molecule has 0 unspecified atom stereocenters. The number of likely N-dealkylation sites (tertiary alicyclic amines) is 1. The summed E-state index contributed by atoms with van der Waals surface area (Å²) in [6.07, 6.45) is 3.10. The Bertz CT molecular complexity index is 1050. The van der Waals surface area contributed by atoms with Crippen LogP contribution in [0.5, 0.6) is 11.5 Å². The number of esters is 1. The average molecular weight is 498 g/mol. The lowest BCUT2D eigenvalue weighted by Gasteiger charge is -2.26. The summed E-state index contributed by atoms with van der Waals surface area (Å²) in [5.41, 5.74) is 1.01. The first-order valence-electron chi connectivity index (χ1n) is 11.9. The van der Waals surface area contributed by atoms with E-state index in [0.717, 1.165) is 37.9 Å². The maximum Gasteiger partial charge on any atom is 0.338 e. The van der Waals surface area contributed by atoms with E-state index in [9.17, 15) is 19.2 Å². The van der Waals surface area contributed by atoms with Crippen molar-refractivity contribution in [2.24, 2.45) is 0 Å². The Morgan fingerprint density at radius 3 is 2.36 bits per heavy atom. The van der Waals surface area contributed by atoms with E-state index in [-0.39, 0.29) is 30.4 Å².